The molecule has 36 heavy (non-hydrogen) atoms. The number of anilines is 2. The average molecular weight is 491 g/mol. The molecule has 0 unspecified atom stereocenters. The van der Waals surface area contributed by atoms with Crippen molar-refractivity contribution >= 4 is 29.2 Å². The van der Waals surface area contributed by atoms with Gasteiger partial charge < -0.3 is 24.8 Å². The van der Waals surface area contributed by atoms with Crippen LogP contribution in [0, 0.1) is 0 Å². The Morgan fingerprint density at radius 2 is 1.39 bits per heavy atom. The van der Waals surface area contributed by atoms with Gasteiger partial charge in [-0.25, -0.2) is 0 Å². The van der Waals surface area contributed by atoms with Gasteiger partial charge in [0.05, 0.1) is 7.11 Å². The maximum absolute atomic E-state index is 12.2. The first kappa shape index (κ1) is 26.3. The van der Waals surface area contributed by atoms with Gasteiger partial charge in [-0.15, -0.1) is 0 Å². The van der Waals surface area contributed by atoms with Crippen LogP contribution in [-0.2, 0) is 25.5 Å². The number of carbonyl (C=O) groups excluding carboxylic acids is 3. The smallest absolute Gasteiger partial charge is 0.306 e. The lowest BCUT2D eigenvalue weighted by atomic mass is 10.1. The van der Waals surface area contributed by atoms with Crippen LogP contribution in [-0.4, -0.2) is 31.5 Å². The van der Waals surface area contributed by atoms with E-state index in [1.165, 1.54) is 0 Å². The van der Waals surface area contributed by atoms with Crippen molar-refractivity contribution in [1.29, 1.82) is 0 Å². The van der Waals surface area contributed by atoms with Gasteiger partial charge in [-0.1, -0.05) is 25.1 Å². The van der Waals surface area contributed by atoms with Crippen molar-refractivity contribution in [2.75, 3.05) is 24.4 Å². The molecule has 8 heteroatoms. The van der Waals surface area contributed by atoms with E-state index in [9.17, 15) is 14.4 Å². The molecule has 0 saturated carbocycles. The molecule has 3 rings (SSSR count). The fraction of sp³-hybridized carbons (Fsp3) is 0.250. The number of esters is 1. The second kappa shape index (κ2) is 13.5. The molecule has 8 nitrogen and oxygen atoms in total. The lowest BCUT2D eigenvalue weighted by molar-refractivity contribution is -0.147. The zero-order chi connectivity index (χ0) is 25.8. The van der Waals surface area contributed by atoms with Crippen LogP contribution in [0.5, 0.6) is 17.2 Å². The second-order valence-corrected chi connectivity index (χ2v) is 7.92. The van der Waals surface area contributed by atoms with Gasteiger partial charge >= 0.3 is 5.97 Å². The number of aryl methyl sites for hydroxylation is 1. The van der Waals surface area contributed by atoms with E-state index < -0.39 is 11.9 Å². The molecule has 0 fully saturated rings. The van der Waals surface area contributed by atoms with E-state index in [4.69, 9.17) is 14.2 Å². The number of benzene rings is 3. The maximum Gasteiger partial charge on any atom is 0.306 e. The average Bonchev–Trinajstić information content (AvgIpc) is 2.89. The molecule has 0 aliphatic heterocycles. The van der Waals surface area contributed by atoms with Crippen LogP contribution >= 0.6 is 0 Å². The van der Waals surface area contributed by atoms with E-state index in [1.807, 2.05) is 25.1 Å². The molecule has 0 spiro atoms. The van der Waals surface area contributed by atoms with Gasteiger partial charge in [-0.2, -0.15) is 0 Å². The van der Waals surface area contributed by atoms with Crippen molar-refractivity contribution in [3.05, 3.63) is 78.4 Å². The zero-order valence-corrected chi connectivity index (χ0v) is 20.4. The van der Waals surface area contributed by atoms with Crippen LogP contribution in [0.2, 0.25) is 0 Å². The largest absolute Gasteiger partial charge is 0.497 e. The Kier molecular flexibility index (Phi) is 9.88. The van der Waals surface area contributed by atoms with Gasteiger partial charge in [0.15, 0.2) is 6.61 Å². The highest BCUT2D eigenvalue weighted by atomic mass is 16.5. The van der Waals surface area contributed by atoms with Crippen molar-refractivity contribution in [3.63, 3.8) is 0 Å². The first-order chi connectivity index (χ1) is 17.5. The number of ether oxygens (including phenoxy) is 3. The molecule has 2 amide bonds. The van der Waals surface area contributed by atoms with Gasteiger partial charge in [0.1, 0.15) is 17.2 Å². The minimum absolute atomic E-state index is 0.0425. The Morgan fingerprint density at radius 3 is 2.06 bits per heavy atom. The van der Waals surface area contributed by atoms with Crippen molar-refractivity contribution in [2.24, 2.45) is 0 Å². The minimum Gasteiger partial charge on any atom is -0.497 e. The number of amides is 2. The van der Waals surface area contributed by atoms with Gasteiger partial charge in [0.2, 0.25) is 5.91 Å². The Balaban J connectivity index is 1.33. The number of nitrogens with one attached hydrogen (secondary N) is 2. The fourth-order valence-electron chi connectivity index (χ4n) is 3.36. The number of carbonyl (C=O) groups is 3. The third-order valence-corrected chi connectivity index (χ3v) is 5.25. The molecule has 0 saturated heterocycles. The normalized spacial score (nSPS) is 10.3. The van der Waals surface area contributed by atoms with Crippen LogP contribution in [0.15, 0.2) is 72.8 Å². The molecule has 0 aromatic heterocycles. The topological polar surface area (TPSA) is 103 Å². The molecular weight excluding hydrogens is 460 g/mol. The predicted octanol–water partition coefficient (Wildman–Crippen LogP) is 5.34. The Hall–Kier alpha value is -4.33. The Bertz CT molecular complexity index is 1160. The Labute approximate surface area is 210 Å². The summed E-state index contributed by atoms with van der Waals surface area (Å²) in [7, 11) is 1.60. The van der Waals surface area contributed by atoms with E-state index in [0.717, 1.165) is 17.7 Å². The summed E-state index contributed by atoms with van der Waals surface area (Å²) in [5.41, 5.74) is 2.33. The summed E-state index contributed by atoms with van der Waals surface area (Å²) in [6.07, 6.45) is 1.28. The first-order valence-corrected chi connectivity index (χ1v) is 11.7. The van der Waals surface area contributed by atoms with Gasteiger partial charge in [-0.05, 0) is 73.0 Å². The molecule has 0 aliphatic rings. The van der Waals surface area contributed by atoms with Gasteiger partial charge in [0, 0.05) is 24.2 Å². The van der Waals surface area contributed by atoms with E-state index >= 15 is 0 Å². The fourth-order valence-corrected chi connectivity index (χ4v) is 3.36. The summed E-state index contributed by atoms with van der Waals surface area (Å²) in [5.74, 6) is 0.891. The lowest BCUT2D eigenvalue weighted by Gasteiger charge is -2.10. The summed E-state index contributed by atoms with van der Waals surface area (Å²) >= 11 is 0. The Morgan fingerprint density at radius 1 is 0.750 bits per heavy atom. The third-order valence-electron chi connectivity index (χ3n) is 5.25. The molecule has 0 aliphatic carbocycles. The van der Waals surface area contributed by atoms with E-state index in [0.29, 0.717) is 29.3 Å². The van der Waals surface area contributed by atoms with E-state index in [-0.39, 0.29) is 25.4 Å². The molecule has 0 atom stereocenters. The maximum atomic E-state index is 12.2. The lowest BCUT2D eigenvalue weighted by Crippen LogP contribution is -2.21. The number of para-hydroxylation sites is 1. The monoisotopic (exact) mass is 490 g/mol. The van der Waals surface area contributed by atoms with Gasteiger partial charge in [0.25, 0.3) is 5.91 Å². The number of rotatable bonds is 12. The minimum atomic E-state index is -0.526. The van der Waals surface area contributed by atoms with E-state index in [2.05, 4.69) is 10.6 Å². The first-order valence-electron chi connectivity index (χ1n) is 11.7. The highest BCUT2D eigenvalue weighted by Gasteiger charge is 2.11. The SMILES string of the molecule is CCc1ccccc1NC(=O)COC(=O)CCCC(=O)Nc1ccc(Oc2ccc(OC)cc2)cc1. The number of hydrogen-bond donors (Lipinski definition) is 2. The van der Waals surface area contributed by atoms with Crippen molar-refractivity contribution in [1.82, 2.24) is 0 Å². The molecule has 3 aromatic carbocycles. The number of hydrogen-bond acceptors (Lipinski definition) is 6. The predicted molar refractivity (Wildman–Crippen MR) is 137 cm³/mol. The molecule has 0 heterocycles. The van der Waals surface area contributed by atoms with E-state index in [1.54, 1.807) is 61.7 Å². The second-order valence-electron chi connectivity index (χ2n) is 7.92. The summed E-state index contributed by atoms with van der Waals surface area (Å²) in [4.78, 5) is 36.2. The summed E-state index contributed by atoms with van der Waals surface area (Å²) < 4.78 is 15.9. The summed E-state index contributed by atoms with van der Waals surface area (Å²) in [6.45, 7) is 1.63. The quantitative estimate of drug-likeness (QED) is 0.332. The van der Waals surface area contributed by atoms with Gasteiger partial charge in [-0.3, -0.25) is 14.4 Å². The zero-order valence-electron chi connectivity index (χ0n) is 20.4. The molecule has 2 N–H and O–H groups in total. The van der Waals surface area contributed by atoms with Crippen molar-refractivity contribution in [2.45, 2.75) is 32.6 Å². The molecular formula is C28H30N2O6. The highest BCUT2D eigenvalue weighted by Crippen LogP contribution is 2.25. The van der Waals surface area contributed by atoms with Crippen molar-refractivity contribution < 1.29 is 28.6 Å². The summed E-state index contributed by atoms with van der Waals surface area (Å²) in [6, 6.07) is 21.7. The summed E-state index contributed by atoms with van der Waals surface area (Å²) in [5, 5.41) is 5.53. The molecule has 3 aromatic rings. The van der Waals surface area contributed by atoms with Crippen LogP contribution in [0.25, 0.3) is 0 Å². The third kappa shape index (κ3) is 8.47. The molecule has 0 radical (unpaired) electrons. The van der Waals surface area contributed by atoms with Crippen LogP contribution in [0.1, 0.15) is 31.7 Å². The molecule has 188 valence electrons. The van der Waals surface area contributed by atoms with Crippen LogP contribution < -0.4 is 20.1 Å². The van der Waals surface area contributed by atoms with Crippen LogP contribution in [0.4, 0.5) is 11.4 Å². The number of methoxy groups -OCH3 is 1. The standard InChI is InChI=1S/C28H30N2O6/c1-3-20-7-4-5-8-25(20)30-27(32)19-35-28(33)10-6-9-26(31)29-21-11-13-23(14-12-21)36-24-17-15-22(34-2)16-18-24/h4-5,7-8,11-18H,3,6,9-10,19H2,1-2H3,(H,29,31)(H,30,32). The van der Waals surface area contributed by atoms with Crippen LogP contribution in [0.3, 0.4) is 0 Å². The molecule has 0 bridgehead atoms. The highest BCUT2D eigenvalue weighted by molar-refractivity contribution is 5.93. The van der Waals surface area contributed by atoms with Crippen molar-refractivity contribution in [3.8, 4) is 17.2 Å².